The lowest BCUT2D eigenvalue weighted by Gasteiger charge is -2.28. The highest BCUT2D eigenvalue weighted by Gasteiger charge is 2.42. The van der Waals surface area contributed by atoms with Crippen molar-refractivity contribution in [3.8, 4) is 5.69 Å². The summed E-state index contributed by atoms with van der Waals surface area (Å²) in [5, 5.41) is 4.94. The zero-order valence-corrected chi connectivity index (χ0v) is 21.3. The summed E-state index contributed by atoms with van der Waals surface area (Å²) in [5.41, 5.74) is 6.51. The van der Waals surface area contributed by atoms with Gasteiger partial charge in [0.05, 0.1) is 17.8 Å². The molecule has 1 saturated heterocycles. The SMILES string of the molecule is Cc1cc([C@@H]2[C@@H](c3ccccn3)NC(=S)N2c2ccc(Br)cc2)c(C)n1-c1cccc(Cl)c1. The van der Waals surface area contributed by atoms with E-state index in [0.29, 0.717) is 10.1 Å². The zero-order chi connectivity index (χ0) is 23.1. The van der Waals surface area contributed by atoms with Crippen LogP contribution in [0.4, 0.5) is 5.69 Å². The molecule has 0 aliphatic carbocycles. The van der Waals surface area contributed by atoms with Gasteiger partial charge in [0.25, 0.3) is 0 Å². The van der Waals surface area contributed by atoms with E-state index in [9.17, 15) is 0 Å². The quantitative estimate of drug-likeness (QED) is 0.282. The maximum absolute atomic E-state index is 6.31. The molecule has 4 aromatic rings. The maximum Gasteiger partial charge on any atom is 0.174 e. The van der Waals surface area contributed by atoms with Crippen molar-refractivity contribution >= 4 is 50.5 Å². The first-order valence-electron chi connectivity index (χ1n) is 10.6. The van der Waals surface area contributed by atoms with Crippen molar-refractivity contribution in [2.24, 2.45) is 0 Å². The predicted molar refractivity (Wildman–Crippen MR) is 142 cm³/mol. The number of hydrogen-bond donors (Lipinski definition) is 1. The molecule has 0 bridgehead atoms. The lowest BCUT2D eigenvalue weighted by atomic mass is 9.96. The van der Waals surface area contributed by atoms with Gasteiger partial charge in [-0.3, -0.25) is 4.98 Å². The number of nitrogens with one attached hydrogen (secondary N) is 1. The minimum Gasteiger partial charge on any atom is -0.351 e. The normalized spacial score (nSPS) is 17.9. The summed E-state index contributed by atoms with van der Waals surface area (Å²) < 4.78 is 3.28. The van der Waals surface area contributed by atoms with Crippen LogP contribution in [0.3, 0.4) is 0 Å². The number of pyridine rings is 1. The van der Waals surface area contributed by atoms with Gasteiger partial charge in [-0.1, -0.05) is 39.7 Å². The van der Waals surface area contributed by atoms with Crippen LogP contribution in [0.15, 0.2) is 83.5 Å². The van der Waals surface area contributed by atoms with Crippen molar-refractivity contribution in [3.05, 3.63) is 111 Å². The second kappa shape index (κ2) is 8.93. The third-order valence-electron chi connectivity index (χ3n) is 6.06. The highest BCUT2D eigenvalue weighted by Crippen LogP contribution is 2.44. The van der Waals surface area contributed by atoms with Crippen LogP contribution in [-0.4, -0.2) is 14.7 Å². The summed E-state index contributed by atoms with van der Waals surface area (Å²) in [6, 6.07) is 24.3. The van der Waals surface area contributed by atoms with Gasteiger partial charge in [-0.05, 0) is 92.3 Å². The van der Waals surface area contributed by atoms with Gasteiger partial charge in [0, 0.05) is 38.5 Å². The van der Waals surface area contributed by atoms with Crippen LogP contribution in [-0.2, 0) is 0 Å². The summed E-state index contributed by atoms with van der Waals surface area (Å²) in [5.74, 6) is 0. The average molecular weight is 538 g/mol. The third kappa shape index (κ3) is 4.07. The Balaban J connectivity index is 1.68. The number of rotatable bonds is 4. The van der Waals surface area contributed by atoms with Gasteiger partial charge in [-0.25, -0.2) is 0 Å². The molecule has 166 valence electrons. The monoisotopic (exact) mass is 536 g/mol. The number of benzene rings is 2. The van der Waals surface area contributed by atoms with Gasteiger partial charge >= 0.3 is 0 Å². The molecule has 4 nitrogen and oxygen atoms in total. The Bertz CT molecular complexity index is 1320. The Morgan fingerprint density at radius 2 is 1.76 bits per heavy atom. The molecule has 2 aromatic heterocycles. The van der Waals surface area contributed by atoms with Crippen molar-refractivity contribution in [2.45, 2.75) is 25.9 Å². The van der Waals surface area contributed by atoms with Gasteiger partial charge in [0.2, 0.25) is 0 Å². The number of nitrogens with zero attached hydrogens (tertiary/aromatic N) is 3. The Labute approximate surface area is 212 Å². The second-order valence-electron chi connectivity index (χ2n) is 8.11. The lowest BCUT2D eigenvalue weighted by Crippen LogP contribution is -2.29. The first kappa shape index (κ1) is 22.1. The number of thiocarbonyl (C=S) groups is 1. The summed E-state index contributed by atoms with van der Waals surface area (Å²) in [4.78, 5) is 6.86. The standard InChI is InChI=1S/C26H22BrClN4S/c1-16-14-22(17(2)31(16)21-7-5-6-19(28)15-21)25-24(23-8-3-4-13-29-23)30-26(33)32(25)20-11-9-18(27)10-12-20/h3-15,24-25H,1-2H3,(H,30,33)/t24-,25-/m1/s1. The van der Waals surface area contributed by atoms with Crippen molar-refractivity contribution in [3.63, 3.8) is 0 Å². The molecule has 2 atom stereocenters. The predicted octanol–water partition coefficient (Wildman–Crippen LogP) is 7.08. The summed E-state index contributed by atoms with van der Waals surface area (Å²) in [6.45, 7) is 4.28. The lowest BCUT2D eigenvalue weighted by molar-refractivity contribution is 0.565. The van der Waals surface area contributed by atoms with E-state index in [1.165, 1.54) is 5.56 Å². The molecule has 7 heteroatoms. The zero-order valence-electron chi connectivity index (χ0n) is 18.2. The molecule has 0 amide bonds. The van der Waals surface area contributed by atoms with E-state index in [4.69, 9.17) is 23.8 Å². The fourth-order valence-corrected chi connectivity index (χ4v) is 5.45. The molecule has 0 radical (unpaired) electrons. The Morgan fingerprint density at radius 1 is 0.970 bits per heavy atom. The molecule has 0 saturated carbocycles. The van der Waals surface area contributed by atoms with Crippen molar-refractivity contribution in [2.75, 3.05) is 4.90 Å². The average Bonchev–Trinajstić information content (AvgIpc) is 3.30. The summed E-state index contributed by atoms with van der Waals surface area (Å²) in [6.07, 6.45) is 1.83. The number of hydrogen-bond acceptors (Lipinski definition) is 2. The first-order valence-corrected chi connectivity index (χ1v) is 12.2. The molecule has 1 aliphatic rings. The van der Waals surface area contributed by atoms with E-state index in [1.807, 2.05) is 48.7 Å². The van der Waals surface area contributed by atoms with Crippen LogP contribution < -0.4 is 10.2 Å². The van der Waals surface area contributed by atoms with Crippen LogP contribution >= 0.6 is 39.7 Å². The fraction of sp³-hybridized carbons (Fsp3) is 0.154. The number of aromatic nitrogens is 2. The van der Waals surface area contributed by atoms with E-state index in [-0.39, 0.29) is 12.1 Å². The van der Waals surface area contributed by atoms with Crippen molar-refractivity contribution in [1.29, 1.82) is 0 Å². The highest BCUT2D eigenvalue weighted by atomic mass is 79.9. The molecule has 2 aromatic carbocycles. The molecule has 0 spiro atoms. The Hall–Kier alpha value is -2.67. The second-order valence-corrected chi connectivity index (χ2v) is 9.85. The molecular formula is C26H22BrClN4S. The third-order valence-corrected chi connectivity index (χ3v) is 7.14. The van der Waals surface area contributed by atoms with Gasteiger partial charge in [0.1, 0.15) is 0 Å². The van der Waals surface area contributed by atoms with Crippen LogP contribution in [0.2, 0.25) is 5.02 Å². The van der Waals surface area contributed by atoms with Gasteiger partial charge in [-0.2, -0.15) is 0 Å². The van der Waals surface area contributed by atoms with Crippen LogP contribution in [0, 0.1) is 13.8 Å². The smallest absolute Gasteiger partial charge is 0.174 e. The van der Waals surface area contributed by atoms with Gasteiger partial charge in [0.15, 0.2) is 5.11 Å². The molecule has 1 aliphatic heterocycles. The van der Waals surface area contributed by atoms with E-state index in [0.717, 1.165) is 32.9 Å². The minimum absolute atomic E-state index is 0.0623. The Morgan fingerprint density at radius 3 is 2.45 bits per heavy atom. The van der Waals surface area contributed by atoms with Gasteiger partial charge < -0.3 is 14.8 Å². The fourth-order valence-electron chi connectivity index (χ4n) is 4.65. The molecular weight excluding hydrogens is 516 g/mol. The molecule has 33 heavy (non-hydrogen) atoms. The van der Waals surface area contributed by atoms with E-state index < -0.39 is 0 Å². The van der Waals surface area contributed by atoms with E-state index >= 15 is 0 Å². The maximum atomic E-state index is 6.31. The van der Waals surface area contributed by atoms with Crippen LogP contribution in [0.1, 0.15) is 34.7 Å². The van der Waals surface area contributed by atoms with Crippen molar-refractivity contribution in [1.82, 2.24) is 14.9 Å². The number of halogens is 2. The molecule has 0 unspecified atom stereocenters. The number of aryl methyl sites for hydroxylation is 1. The topological polar surface area (TPSA) is 33.1 Å². The molecule has 1 N–H and O–H groups in total. The Kier molecular flexibility index (Phi) is 5.99. The minimum atomic E-state index is -0.0874. The first-order chi connectivity index (χ1) is 15.9. The van der Waals surface area contributed by atoms with Gasteiger partial charge in [-0.15, -0.1) is 0 Å². The highest BCUT2D eigenvalue weighted by molar-refractivity contribution is 9.10. The van der Waals surface area contributed by atoms with Crippen LogP contribution in [0.5, 0.6) is 0 Å². The van der Waals surface area contributed by atoms with Crippen LogP contribution in [0.25, 0.3) is 5.69 Å². The molecule has 5 rings (SSSR count). The molecule has 1 fully saturated rings. The van der Waals surface area contributed by atoms with E-state index in [2.05, 4.69) is 79.9 Å². The summed E-state index contributed by atoms with van der Waals surface area (Å²) >= 11 is 15.7. The summed E-state index contributed by atoms with van der Waals surface area (Å²) in [7, 11) is 0. The van der Waals surface area contributed by atoms with E-state index in [1.54, 1.807) is 0 Å². The molecule has 3 heterocycles. The largest absolute Gasteiger partial charge is 0.351 e. The number of anilines is 1. The van der Waals surface area contributed by atoms with Crippen molar-refractivity contribution < 1.29 is 0 Å².